The van der Waals surface area contributed by atoms with Crippen molar-refractivity contribution < 1.29 is 13.2 Å². The molecule has 4 nitrogen and oxygen atoms in total. The average Bonchev–Trinajstić information content (AvgIpc) is 2.60. The summed E-state index contributed by atoms with van der Waals surface area (Å²) in [5.41, 5.74) is 1.91. The van der Waals surface area contributed by atoms with Gasteiger partial charge in [-0.1, -0.05) is 18.2 Å². The van der Waals surface area contributed by atoms with E-state index in [-0.39, 0.29) is 11.5 Å². The second kappa shape index (κ2) is 8.17. The number of sulfonamides is 1. The van der Waals surface area contributed by atoms with E-state index >= 15 is 0 Å². The zero-order valence-corrected chi connectivity index (χ0v) is 15.2. The number of nitrogens with one attached hydrogen (secondary N) is 1. The summed E-state index contributed by atoms with van der Waals surface area (Å²) in [6.07, 6.45) is 5.29. The molecule has 0 aliphatic heterocycles. The van der Waals surface area contributed by atoms with Crippen LogP contribution in [-0.4, -0.2) is 26.2 Å². The molecular weight excluding hydrogens is 342 g/mol. The highest BCUT2D eigenvalue weighted by atomic mass is 32.2. The molecule has 0 aliphatic rings. The molecule has 2 rings (SSSR count). The van der Waals surface area contributed by atoms with Crippen LogP contribution in [0.2, 0.25) is 0 Å². The van der Waals surface area contributed by atoms with E-state index in [2.05, 4.69) is 4.72 Å². The molecule has 0 radical (unpaired) electrons. The highest BCUT2D eigenvalue weighted by molar-refractivity contribution is 7.98. The molecule has 6 heteroatoms. The van der Waals surface area contributed by atoms with Crippen molar-refractivity contribution in [2.45, 2.75) is 11.8 Å². The van der Waals surface area contributed by atoms with E-state index < -0.39 is 10.0 Å². The van der Waals surface area contributed by atoms with Crippen molar-refractivity contribution >= 4 is 39.3 Å². The number of hydrogen-bond acceptors (Lipinski definition) is 4. The fourth-order valence-corrected chi connectivity index (χ4v) is 2.99. The molecule has 0 spiro atoms. The maximum absolute atomic E-state index is 12.2. The molecule has 0 amide bonds. The molecule has 1 N–H and O–H groups in total. The zero-order valence-electron chi connectivity index (χ0n) is 13.5. The lowest BCUT2D eigenvalue weighted by molar-refractivity contribution is 0.104. The maximum atomic E-state index is 12.2. The van der Waals surface area contributed by atoms with E-state index in [1.807, 2.05) is 30.5 Å². The minimum Gasteiger partial charge on any atom is -0.289 e. The lowest BCUT2D eigenvalue weighted by Gasteiger charge is -2.06. The average molecular weight is 361 g/mol. The number of ketones is 1. The first-order valence-electron chi connectivity index (χ1n) is 7.40. The molecule has 0 atom stereocenters. The van der Waals surface area contributed by atoms with Gasteiger partial charge in [0.15, 0.2) is 5.78 Å². The highest BCUT2D eigenvalue weighted by Crippen LogP contribution is 2.16. The van der Waals surface area contributed by atoms with Crippen LogP contribution in [0.1, 0.15) is 22.8 Å². The van der Waals surface area contributed by atoms with E-state index in [1.54, 1.807) is 49.0 Å². The molecule has 0 aromatic heterocycles. The van der Waals surface area contributed by atoms with Crippen molar-refractivity contribution in [2.75, 3.05) is 16.7 Å². The van der Waals surface area contributed by atoms with Crippen molar-refractivity contribution in [1.82, 2.24) is 0 Å². The minimum absolute atomic E-state index is 0.00570. The second-order valence-electron chi connectivity index (χ2n) is 5.05. The molecule has 0 bridgehead atoms. The van der Waals surface area contributed by atoms with E-state index in [9.17, 15) is 13.2 Å². The summed E-state index contributed by atoms with van der Waals surface area (Å²) in [7, 11) is -3.31. The first-order valence-corrected chi connectivity index (χ1v) is 10.3. The zero-order chi connectivity index (χ0) is 17.6. The number of benzene rings is 2. The van der Waals surface area contributed by atoms with Gasteiger partial charge in [-0.3, -0.25) is 9.52 Å². The Labute approximate surface area is 147 Å². The number of rotatable bonds is 7. The number of carbonyl (C=O) groups is 1. The lowest BCUT2D eigenvalue weighted by Crippen LogP contribution is -2.14. The topological polar surface area (TPSA) is 63.2 Å². The van der Waals surface area contributed by atoms with Gasteiger partial charge < -0.3 is 0 Å². The van der Waals surface area contributed by atoms with Gasteiger partial charge >= 0.3 is 0 Å². The van der Waals surface area contributed by atoms with Gasteiger partial charge in [-0.05, 0) is 61.2 Å². The molecule has 2 aromatic carbocycles. The number of anilines is 1. The van der Waals surface area contributed by atoms with E-state index in [4.69, 9.17) is 0 Å². The van der Waals surface area contributed by atoms with Gasteiger partial charge in [-0.25, -0.2) is 8.42 Å². The van der Waals surface area contributed by atoms with Gasteiger partial charge in [0.25, 0.3) is 0 Å². The van der Waals surface area contributed by atoms with Gasteiger partial charge in [0.05, 0.1) is 5.75 Å². The summed E-state index contributed by atoms with van der Waals surface area (Å²) < 4.78 is 25.4. The van der Waals surface area contributed by atoms with Gasteiger partial charge in [-0.15, -0.1) is 11.8 Å². The Hall–Kier alpha value is -2.05. The lowest BCUT2D eigenvalue weighted by atomic mass is 10.1. The summed E-state index contributed by atoms with van der Waals surface area (Å²) in [5, 5.41) is 0. The normalized spacial score (nSPS) is 11.6. The fraction of sp³-hybridized carbons (Fsp3) is 0.167. The molecule has 0 saturated heterocycles. The van der Waals surface area contributed by atoms with Crippen molar-refractivity contribution in [3.05, 3.63) is 65.7 Å². The summed E-state index contributed by atoms with van der Waals surface area (Å²) in [6, 6.07) is 14.3. The molecule has 126 valence electrons. The van der Waals surface area contributed by atoms with E-state index in [0.717, 1.165) is 5.56 Å². The minimum atomic E-state index is -3.31. The molecule has 24 heavy (non-hydrogen) atoms. The van der Waals surface area contributed by atoms with Crippen LogP contribution in [0.4, 0.5) is 5.69 Å². The van der Waals surface area contributed by atoms with Crippen molar-refractivity contribution in [1.29, 1.82) is 0 Å². The summed E-state index contributed by atoms with van der Waals surface area (Å²) in [5.74, 6) is -0.125. The summed E-state index contributed by atoms with van der Waals surface area (Å²) in [4.78, 5) is 13.3. The van der Waals surface area contributed by atoms with Crippen molar-refractivity contribution in [3.63, 3.8) is 0 Å². The Kier molecular flexibility index (Phi) is 6.23. The quantitative estimate of drug-likeness (QED) is 0.459. The third kappa shape index (κ3) is 5.25. The third-order valence-corrected chi connectivity index (χ3v) is 5.42. The Balaban J connectivity index is 2.05. The van der Waals surface area contributed by atoms with E-state index in [0.29, 0.717) is 11.3 Å². The van der Waals surface area contributed by atoms with Crippen molar-refractivity contribution in [2.24, 2.45) is 0 Å². The van der Waals surface area contributed by atoms with Gasteiger partial charge in [0, 0.05) is 16.1 Å². The monoisotopic (exact) mass is 361 g/mol. The van der Waals surface area contributed by atoms with Gasteiger partial charge in [0.1, 0.15) is 0 Å². The SMILES string of the molecule is CCS(=O)(=O)Nc1ccc(C(=O)/C=C/c2ccc(SC)cc2)cc1. The van der Waals surface area contributed by atoms with Gasteiger partial charge in [0.2, 0.25) is 10.0 Å². The predicted octanol–water partition coefficient (Wildman–Crippen LogP) is 4.07. The molecule has 0 heterocycles. The fourth-order valence-electron chi connectivity index (χ4n) is 1.94. The van der Waals surface area contributed by atoms with Gasteiger partial charge in [-0.2, -0.15) is 0 Å². The molecule has 0 fully saturated rings. The second-order valence-corrected chi connectivity index (χ2v) is 7.94. The van der Waals surface area contributed by atoms with Crippen LogP contribution in [0.5, 0.6) is 0 Å². The number of carbonyl (C=O) groups excluding carboxylic acids is 1. The smallest absolute Gasteiger partial charge is 0.232 e. The molecular formula is C18H19NO3S2. The Morgan fingerprint density at radius 2 is 1.71 bits per heavy atom. The van der Waals surface area contributed by atoms with Crippen LogP contribution in [0.3, 0.4) is 0 Å². The Morgan fingerprint density at radius 3 is 2.25 bits per heavy atom. The Bertz CT molecular complexity index is 824. The number of allylic oxidation sites excluding steroid dienone is 1. The number of hydrogen-bond donors (Lipinski definition) is 1. The van der Waals surface area contributed by atoms with Crippen LogP contribution < -0.4 is 4.72 Å². The first kappa shape index (κ1) is 18.3. The van der Waals surface area contributed by atoms with Crippen LogP contribution in [0.15, 0.2) is 59.5 Å². The standard InChI is InChI=1S/C18H19NO3S2/c1-3-24(21,22)19-16-9-7-15(8-10-16)18(20)13-6-14-4-11-17(23-2)12-5-14/h4-13,19H,3H2,1-2H3/b13-6+. The highest BCUT2D eigenvalue weighted by Gasteiger charge is 2.07. The van der Waals surface area contributed by atoms with Crippen LogP contribution in [0, 0.1) is 0 Å². The summed E-state index contributed by atoms with van der Waals surface area (Å²) in [6.45, 7) is 1.57. The van der Waals surface area contributed by atoms with Crippen LogP contribution >= 0.6 is 11.8 Å². The molecule has 0 unspecified atom stereocenters. The summed E-state index contributed by atoms with van der Waals surface area (Å²) >= 11 is 1.67. The molecule has 0 saturated carbocycles. The molecule has 0 aliphatic carbocycles. The van der Waals surface area contributed by atoms with E-state index in [1.165, 1.54) is 11.0 Å². The largest absolute Gasteiger partial charge is 0.289 e. The Morgan fingerprint density at radius 1 is 1.08 bits per heavy atom. The third-order valence-electron chi connectivity index (χ3n) is 3.37. The number of thioether (sulfide) groups is 1. The first-order chi connectivity index (χ1) is 11.4. The predicted molar refractivity (Wildman–Crippen MR) is 101 cm³/mol. The molecule has 2 aromatic rings. The van der Waals surface area contributed by atoms with Crippen LogP contribution in [-0.2, 0) is 10.0 Å². The van der Waals surface area contributed by atoms with Crippen molar-refractivity contribution in [3.8, 4) is 0 Å². The maximum Gasteiger partial charge on any atom is 0.232 e. The van der Waals surface area contributed by atoms with Crippen LogP contribution in [0.25, 0.3) is 6.08 Å².